The van der Waals surface area contributed by atoms with Crippen molar-refractivity contribution in [3.63, 3.8) is 0 Å². The second-order valence-electron chi connectivity index (χ2n) is 17.5. The Kier molecular flexibility index (Phi) is 21.9. The van der Waals surface area contributed by atoms with Crippen molar-refractivity contribution in [1.29, 1.82) is 0 Å². The van der Waals surface area contributed by atoms with Crippen molar-refractivity contribution in [1.82, 2.24) is 31.1 Å². The van der Waals surface area contributed by atoms with Gasteiger partial charge in [0.25, 0.3) is 0 Å². The van der Waals surface area contributed by atoms with Crippen molar-refractivity contribution in [2.75, 3.05) is 32.7 Å². The zero-order valence-corrected chi connectivity index (χ0v) is 38.0. The van der Waals surface area contributed by atoms with Crippen LogP contribution in [0.1, 0.15) is 91.5 Å². The Morgan fingerprint density at radius 3 is 2.05 bits per heavy atom. The standard InChI is InChI=1S/C40H65N11O8.C2HF3O2/c1-24(2)22-29(37(58)59)48-35(56)32(40(3,4)5)49-33(54)28(23-25-13-15-26(52)16-14-25)47-34(55)30-11-9-20-51(30)36(57)27(10-8-17-44-38(41)42)46-31(53)12-6-7-19-50-21-18-45-39(50)43;3-2(4,5)1(6)7/h13-16,24,27-30,32,52H,6-12,17-23H2,1-5H3,(H2,43,45)(H,46,53)(H,47,55)(H,48,56)(H,49,54)(H,58,59)(H4,41,42,44);(H,6,7)/t27-,28-,29-,30-,32+;/m0./s1. The molecule has 0 unspecified atom stereocenters. The van der Waals surface area contributed by atoms with Crippen LogP contribution in [0.25, 0.3) is 0 Å². The van der Waals surface area contributed by atoms with Gasteiger partial charge in [-0.1, -0.05) is 46.8 Å². The summed E-state index contributed by atoms with van der Waals surface area (Å²) in [6, 6.07) is 0.499. The van der Waals surface area contributed by atoms with E-state index in [4.69, 9.17) is 27.1 Å². The predicted molar refractivity (Wildman–Crippen MR) is 236 cm³/mol. The average Bonchev–Trinajstić information content (AvgIpc) is 3.88. The normalized spacial score (nSPS) is 16.7. The number of carbonyl (C=O) groups is 7. The molecular formula is C42H66F3N11O10. The van der Waals surface area contributed by atoms with Gasteiger partial charge in [0.1, 0.15) is 36.0 Å². The van der Waals surface area contributed by atoms with E-state index in [9.17, 15) is 52.2 Å². The molecular weight excluding hydrogens is 876 g/mol. The van der Waals surface area contributed by atoms with Gasteiger partial charge in [-0.25, -0.2) is 9.59 Å². The third kappa shape index (κ3) is 19.4. The highest BCUT2D eigenvalue weighted by atomic mass is 19.4. The maximum Gasteiger partial charge on any atom is 0.490 e. The molecule has 1 aromatic rings. The van der Waals surface area contributed by atoms with E-state index in [1.807, 2.05) is 18.7 Å². The summed E-state index contributed by atoms with van der Waals surface area (Å²) >= 11 is 0. The lowest BCUT2D eigenvalue weighted by Crippen LogP contribution is -2.61. The first-order valence-electron chi connectivity index (χ1n) is 21.6. The highest BCUT2D eigenvalue weighted by molar-refractivity contribution is 5.96. The van der Waals surface area contributed by atoms with E-state index in [2.05, 4.69) is 31.3 Å². The number of likely N-dealkylation sites (tertiary alicyclic amines) is 1. The number of carboxylic acid groups (broad SMARTS) is 2. The van der Waals surface area contributed by atoms with Crippen LogP contribution in [0.5, 0.6) is 5.75 Å². The number of unbranched alkanes of at least 4 members (excludes halogenated alkanes) is 1. The molecule has 0 aromatic heterocycles. The van der Waals surface area contributed by atoms with Crippen LogP contribution in [0.3, 0.4) is 0 Å². The van der Waals surface area contributed by atoms with E-state index in [1.54, 1.807) is 32.9 Å². The Morgan fingerprint density at radius 1 is 0.879 bits per heavy atom. The van der Waals surface area contributed by atoms with Gasteiger partial charge in [-0.3, -0.25) is 34.0 Å². The second kappa shape index (κ2) is 26.0. The molecule has 21 nitrogen and oxygen atoms in total. The summed E-state index contributed by atoms with van der Waals surface area (Å²) in [5.74, 6) is -6.40. The summed E-state index contributed by atoms with van der Waals surface area (Å²) in [5.41, 5.74) is 16.6. The number of carboxylic acids is 2. The summed E-state index contributed by atoms with van der Waals surface area (Å²) < 4.78 is 31.7. The van der Waals surface area contributed by atoms with Crippen LogP contribution in [0.4, 0.5) is 13.2 Å². The maximum absolute atomic E-state index is 14.2. The first-order valence-corrected chi connectivity index (χ1v) is 21.6. The van der Waals surface area contributed by atoms with Crippen LogP contribution in [-0.4, -0.2) is 148 Å². The van der Waals surface area contributed by atoms with Crippen LogP contribution in [0.2, 0.25) is 0 Å². The maximum atomic E-state index is 14.2. The smallest absolute Gasteiger partial charge is 0.490 e. The molecule has 2 aliphatic heterocycles. The quantitative estimate of drug-likeness (QED) is 0.0431. The molecule has 2 heterocycles. The molecule has 5 atom stereocenters. The molecule has 3 rings (SSSR count). The number of guanidine groups is 2. The zero-order chi connectivity index (χ0) is 49.9. The number of halogens is 3. The minimum Gasteiger partial charge on any atom is -0.508 e. The topological polar surface area (TPSA) is 338 Å². The minimum absolute atomic E-state index is 0.0000620. The van der Waals surface area contributed by atoms with Gasteiger partial charge < -0.3 is 63.6 Å². The number of phenols is 1. The van der Waals surface area contributed by atoms with Crippen molar-refractivity contribution in [3.05, 3.63) is 29.8 Å². The Bertz CT molecular complexity index is 1890. The Morgan fingerprint density at radius 2 is 1.52 bits per heavy atom. The van der Waals surface area contributed by atoms with Gasteiger partial charge in [0.2, 0.25) is 29.5 Å². The Labute approximate surface area is 381 Å². The lowest BCUT2D eigenvalue weighted by atomic mass is 9.85. The van der Waals surface area contributed by atoms with E-state index in [0.29, 0.717) is 56.7 Å². The molecule has 2 aliphatic rings. The number of hydrogen-bond donors (Lipinski definition) is 10. The zero-order valence-electron chi connectivity index (χ0n) is 38.0. The second-order valence-corrected chi connectivity index (χ2v) is 17.5. The molecule has 0 saturated carbocycles. The molecule has 0 spiro atoms. The molecule has 66 heavy (non-hydrogen) atoms. The van der Waals surface area contributed by atoms with E-state index < -0.39 is 77.4 Å². The lowest BCUT2D eigenvalue weighted by molar-refractivity contribution is -0.192. The summed E-state index contributed by atoms with van der Waals surface area (Å²) in [6.07, 6.45) is -2.17. The number of aliphatic carboxylic acids is 2. The lowest BCUT2D eigenvalue weighted by Gasteiger charge is -2.33. The summed E-state index contributed by atoms with van der Waals surface area (Å²) in [4.78, 5) is 102. The van der Waals surface area contributed by atoms with E-state index >= 15 is 0 Å². The van der Waals surface area contributed by atoms with Gasteiger partial charge >= 0.3 is 18.1 Å². The average molecular weight is 942 g/mol. The van der Waals surface area contributed by atoms with E-state index in [1.165, 1.54) is 17.0 Å². The molecule has 1 fully saturated rings. The number of rotatable bonds is 22. The molecule has 1 aromatic carbocycles. The minimum atomic E-state index is -5.08. The molecule has 5 amide bonds. The van der Waals surface area contributed by atoms with Crippen LogP contribution in [0.15, 0.2) is 34.3 Å². The molecule has 0 radical (unpaired) electrons. The first kappa shape index (κ1) is 55.8. The fourth-order valence-corrected chi connectivity index (χ4v) is 7.06. The van der Waals surface area contributed by atoms with Gasteiger partial charge in [0.05, 0.1) is 6.54 Å². The van der Waals surface area contributed by atoms with E-state index in [0.717, 1.165) is 6.54 Å². The van der Waals surface area contributed by atoms with Crippen molar-refractivity contribution in [2.24, 2.45) is 38.5 Å². The van der Waals surface area contributed by atoms with E-state index in [-0.39, 0.29) is 62.3 Å². The summed E-state index contributed by atoms with van der Waals surface area (Å²) in [6.45, 7) is 11.3. The highest BCUT2D eigenvalue weighted by Gasteiger charge is 2.41. The third-order valence-electron chi connectivity index (χ3n) is 10.5. The van der Waals surface area contributed by atoms with Crippen molar-refractivity contribution in [2.45, 2.75) is 129 Å². The van der Waals surface area contributed by atoms with Crippen molar-refractivity contribution in [3.8, 4) is 5.75 Å². The number of alkyl halides is 3. The number of nitrogens with one attached hydrogen (secondary N) is 4. The van der Waals surface area contributed by atoms with Crippen LogP contribution in [-0.2, 0) is 40.0 Å². The number of hydrogen-bond acceptors (Lipinski definition) is 12. The number of amides is 5. The van der Waals surface area contributed by atoms with Gasteiger partial charge in [-0.05, 0) is 74.0 Å². The predicted octanol–water partition coefficient (Wildman–Crippen LogP) is 0.529. The van der Waals surface area contributed by atoms with Crippen LogP contribution in [0, 0.1) is 11.3 Å². The Balaban J connectivity index is 0.00000197. The van der Waals surface area contributed by atoms with Crippen LogP contribution < -0.4 is 38.5 Å². The molecule has 0 aliphatic carbocycles. The molecule has 0 bridgehead atoms. The van der Waals surface area contributed by atoms with Crippen molar-refractivity contribution < 1.29 is 62.1 Å². The van der Waals surface area contributed by atoms with Crippen LogP contribution >= 0.6 is 0 Å². The van der Waals surface area contributed by atoms with Gasteiger partial charge in [-0.15, -0.1) is 0 Å². The SMILES string of the molecule is CC(C)C[C@H](NC(=O)[C@@H](NC(=O)[C@H](Cc1ccc(O)cc1)NC(=O)[C@@H]1CCCN1C(=O)[C@H](CCCN=C(N)N)NC(=O)CCCCN1CCN=C1N)C(C)(C)C)C(=O)O.O=C(O)C(F)(F)F. The largest absolute Gasteiger partial charge is 0.508 e. The Hall–Kier alpha value is -6.36. The van der Waals surface area contributed by atoms with Gasteiger partial charge in [-0.2, -0.15) is 13.2 Å². The summed E-state index contributed by atoms with van der Waals surface area (Å²) in [5, 5.41) is 37.7. The fourth-order valence-electron chi connectivity index (χ4n) is 7.06. The highest BCUT2D eigenvalue weighted by Crippen LogP contribution is 2.23. The molecule has 370 valence electrons. The molecule has 24 heteroatoms. The number of nitrogens with two attached hydrogens (primary N) is 3. The first-order chi connectivity index (χ1) is 30.7. The number of phenolic OH excluding ortho intramolecular Hbond substituents is 1. The fraction of sp³-hybridized carbons (Fsp3) is 0.643. The van der Waals surface area contributed by atoms with Gasteiger partial charge in [0, 0.05) is 39.0 Å². The monoisotopic (exact) mass is 941 g/mol. The van der Waals surface area contributed by atoms with Crippen molar-refractivity contribution >= 4 is 53.4 Å². The molecule has 1 saturated heterocycles. The number of carbonyl (C=O) groups excluding carboxylic acids is 5. The number of aliphatic imine (C=N–C) groups is 2. The molecule has 13 N–H and O–H groups in total. The number of benzene rings is 1. The summed E-state index contributed by atoms with van der Waals surface area (Å²) in [7, 11) is 0. The number of aromatic hydroxyl groups is 1. The van der Waals surface area contributed by atoms with Gasteiger partial charge in [0.15, 0.2) is 11.9 Å². The number of nitrogens with zero attached hydrogens (tertiary/aromatic N) is 4. The third-order valence-corrected chi connectivity index (χ3v) is 10.5.